The number of benzene rings is 1. The summed E-state index contributed by atoms with van der Waals surface area (Å²) < 4.78 is 0. The second-order valence-corrected chi connectivity index (χ2v) is 5.33. The summed E-state index contributed by atoms with van der Waals surface area (Å²) in [4.78, 5) is 15.2. The fourth-order valence-electron chi connectivity index (χ4n) is 2.18. The number of carbonyl (C=O) groups is 1. The Labute approximate surface area is 112 Å². The monoisotopic (exact) mass is 260 g/mol. The molecule has 1 aromatic rings. The molecule has 0 N–H and O–H groups in total. The molecule has 0 saturated carbocycles. The Bertz CT molecular complexity index is 464. The molecular weight excluding hydrogens is 244 g/mol. The minimum Gasteiger partial charge on any atom is -0.337 e. The van der Waals surface area contributed by atoms with Crippen LogP contribution in [0.2, 0.25) is 0 Å². The lowest BCUT2D eigenvalue weighted by Gasteiger charge is -2.29. The largest absolute Gasteiger partial charge is 0.337 e. The fourth-order valence-corrected chi connectivity index (χ4v) is 2.59. The third-order valence-electron chi connectivity index (χ3n) is 3.23. The van der Waals surface area contributed by atoms with Crippen LogP contribution in [0, 0.1) is 17.2 Å². The van der Waals surface area contributed by atoms with Crippen molar-refractivity contribution in [1.82, 2.24) is 4.90 Å². The molecule has 1 fully saturated rings. The maximum absolute atomic E-state index is 12.3. The maximum atomic E-state index is 12.3. The molecule has 1 aliphatic heterocycles. The normalized spacial score (nSPS) is 19.3. The smallest absolute Gasteiger partial charge is 0.253 e. The van der Waals surface area contributed by atoms with Gasteiger partial charge >= 0.3 is 0 Å². The molecular formula is C14H16N2OS. The zero-order valence-corrected chi connectivity index (χ0v) is 11.2. The van der Waals surface area contributed by atoms with Crippen LogP contribution in [0.1, 0.15) is 23.2 Å². The van der Waals surface area contributed by atoms with Crippen molar-refractivity contribution >= 4 is 17.7 Å². The number of nitrogens with zero attached hydrogens (tertiary/aromatic N) is 2. The second kappa shape index (κ2) is 5.92. The van der Waals surface area contributed by atoms with Crippen LogP contribution in [0.25, 0.3) is 0 Å². The van der Waals surface area contributed by atoms with Crippen molar-refractivity contribution in [3.8, 4) is 6.07 Å². The number of likely N-dealkylation sites (tertiary alicyclic amines) is 1. The van der Waals surface area contributed by atoms with Crippen LogP contribution in [-0.4, -0.2) is 30.2 Å². The Kier molecular flexibility index (Phi) is 4.27. The molecule has 1 heterocycles. The molecule has 1 amide bonds. The minimum atomic E-state index is -0.00632. The van der Waals surface area contributed by atoms with E-state index in [1.54, 1.807) is 16.7 Å². The molecule has 94 valence electrons. The van der Waals surface area contributed by atoms with Crippen LogP contribution >= 0.6 is 11.8 Å². The Morgan fingerprint density at radius 2 is 2.17 bits per heavy atom. The highest BCUT2D eigenvalue weighted by molar-refractivity contribution is 7.98. The molecule has 1 aliphatic rings. The second-order valence-electron chi connectivity index (χ2n) is 4.45. The highest BCUT2D eigenvalue weighted by Gasteiger charge is 2.24. The van der Waals surface area contributed by atoms with E-state index in [-0.39, 0.29) is 11.8 Å². The quantitative estimate of drug-likeness (QED) is 0.768. The molecule has 1 unspecified atom stereocenters. The topological polar surface area (TPSA) is 44.1 Å². The molecule has 0 spiro atoms. The summed E-state index contributed by atoms with van der Waals surface area (Å²) in [5.74, 6) is 0.0378. The molecule has 3 nitrogen and oxygen atoms in total. The third kappa shape index (κ3) is 2.85. The van der Waals surface area contributed by atoms with Gasteiger partial charge in [-0.25, -0.2) is 0 Å². The van der Waals surface area contributed by atoms with Crippen LogP contribution in [0.5, 0.6) is 0 Å². The number of hydrogen-bond donors (Lipinski definition) is 0. The van der Waals surface area contributed by atoms with Crippen LogP contribution in [0.15, 0.2) is 29.2 Å². The van der Waals surface area contributed by atoms with Crippen molar-refractivity contribution in [3.63, 3.8) is 0 Å². The Balaban J connectivity index is 2.08. The van der Waals surface area contributed by atoms with Gasteiger partial charge in [0.05, 0.1) is 12.0 Å². The van der Waals surface area contributed by atoms with Crippen molar-refractivity contribution in [2.75, 3.05) is 19.3 Å². The number of rotatable bonds is 2. The lowest BCUT2D eigenvalue weighted by atomic mass is 9.99. The standard InChI is InChI=1S/C14H16N2OS/c1-18-13-6-4-12(5-7-13)14(17)16-8-2-3-11(9-15)10-16/h4-7,11H,2-3,8,10H2,1H3. The zero-order valence-electron chi connectivity index (χ0n) is 10.4. The van der Waals surface area contributed by atoms with Gasteiger partial charge < -0.3 is 4.90 Å². The van der Waals surface area contributed by atoms with E-state index < -0.39 is 0 Å². The van der Waals surface area contributed by atoms with E-state index in [1.165, 1.54) is 0 Å². The van der Waals surface area contributed by atoms with Gasteiger partial charge in [0.25, 0.3) is 5.91 Å². The summed E-state index contributed by atoms with van der Waals surface area (Å²) in [6.45, 7) is 1.33. The summed E-state index contributed by atoms with van der Waals surface area (Å²) in [7, 11) is 0. The van der Waals surface area contributed by atoms with Gasteiger partial charge in [-0.3, -0.25) is 4.79 Å². The van der Waals surface area contributed by atoms with Crippen LogP contribution < -0.4 is 0 Å². The number of thioether (sulfide) groups is 1. The molecule has 1 atom stereocenters. The molecule has 2 rings (SSSR count). The van der Waals surface area contributed by atoms with E-state index in [0.717, 1.165) is 24.3 Å². The average molecular weight is 260 g/mol. The number of carbonyl (C=O) groups excluding carboxylic acids is 1. The van der Waals surface area contributed by atoms with Crippen LogP contribution in [0.4, 0.5) is 0 Å². The highest BCUT2D eigenvalue weighted by atomic mass is 32.2. The lowest BCUT2D eigenvalue weighted by Crippen LogP contribution is -2.39. The molecule has 0 radical (unpaired) electrons. The number of amides is 1. The lowest BCUT2D eigenvalue weighted by molar-refractivity contribution is 0.0698. The van der Waals surface area contributed by atoms with Gasteiger partial charge in [-0.2, -0.15) is 5.26 Å². The summed E-state index contributed by atoms with van der Waals surface area (Å²) >= 11 is 1.66. The van der Waals surface area contributed by atoms with Gasteiger partial charge in [0.2, 0.25) is 0 Å². The van der Waals surface area contributed by atoms with E-state index in [9.17, 15) is 4.79 Å². The molecule has 18 heavy (non-hydrogen) atoms. The molecule has 1 aromatic carbocycles. The highest BCUT2D eigenvalue weighted by Crippen LogP contribution is 2.20. The van der Waals surface area contributed by atoms with E-state index in [4.69, 9.17) is 5.26 Å². The Hall–Kier alpha value is -1.47. The third-order valence-corrected chi connectivity index (χ3v) is 3.97. The van der Waals surface area contributed by atoms with Gasteiger partial charge in [-0.05, 0) is 43.4 Å². The summed E-state index contributed by atoms with van der Waals surface area (Å²) in [6.07, 6.45) is 3.84. The van der Waals surface area contributed by atoms with Gasteiger partial charge in [-0.15, -0.1) is 11.8 Å². The summed E-state index contributed by atoms with van der Waals surface area (Å²) in [5, 5.41) is 8.94. The number of piperidine rings is 1. The van der Waals surface area contributed by atoms with Crippen LogP contribution in [0.3, 0.4) is 0 Å². The summed E-state index contributed by atoms with van der Waals surface area (Å²) in [6, 6.07) is 9.92. The van der Waals surface area contributed by atoms with Gasteiger partial charge in [-0.1, -0.05) is 0 Å². The van der Waals surface area contributed by atoms with Gasteiger partial charge in [0, 0.05) is 23.5 Å². The van der Waals surface area contributed by atoms with Crippen molar-refractivity contribution in [3.05, 3.63) is 29.8 Å². The van der Waals surface area contributed by atoms with Crippen molar-refractivity contribution in [1.29, 1.82) is 5.26 Å². The first kappa shape index (κ1) is 13.0. The van der Waals surface area contributed by atoms with E-state index >= 15 is 0 Å². The van der Waals surface area contributed by atoms with E-state index in [1.807, 2.05) is 30.5 Å². The molecule has 0 aromatic heterocycles. The average Bonchev–Trinajstić information content (AvgIpc) is 2.46. The first-order valence-electron chi connectivity index (χ1n) is 6.07. The van der Waals surface area contributed by atoms with Crippen molar-refractivity contribution in [2.45, 2.75) is 17.7 Å². The first-order chi connectivity index (χ1) is 8.74. The number of nitriles is 1. The zero-order chi connectivity index (χ0) is 13.0. The van der Waals surface area contributed by atoms with Crippen molar-refractivity contribution in [2.24, 2.45) is 5.92 Å². The SMILES string of the molecule is CSc1ccc(C(=O)N2CCCC(C#N)C2)cc1. The Morgan fingerprint density at radius 3 is 2.78 bits per heavy atom. The van der Waals surface area contributed by atoms with E-state index in [2.05, 4.69) is 6.07 Å². The van der Waals surface area contributed by atoms with Crippen molar-refractivity contribution < 1.29 is 4.79 Å². The maximum Gasteiger partial charge on any atom is 0.253 e. The fraction of sp³-hybridized carbons (Fsp3) is 0.429. The molecule has 4 heteroatoms. The Morgan fingerprint density at radius 1 is 1.44 bits per heavy atom. The molecule has 0 aliphatic carbocycles. The van der Waals surface area contributed by atoms with Crippen LogP contribution in [-0.2, 0) is 0 Å². The van der Waals surface area contributed by atoms with Gasteiger partial charge in [0.1, 0.15) is 0 Å². The minimum absolute atomic E-state index is 0.00632. The predicted octanol–water partition coefficient (Wildman–Crippen LogP) is 2.78. The summed E-state index contributed by atoms with van der Waals surface area (Å²) in [5.41, 5.74) is 0.714. The first-order valence-corrected chi connectivity index (χ1v) is 7.30. The van der Waals surface area contributed by atoms with Gasteiger partial charge in [0.15, 0.2) is 0 Å². The predicted molar refractivity (Wildman–Crippen MR) is 72.5 cm³/mol. The van der Waals surface area contributed by atoms with E-state index in [0.29, 0.717) is 12.1 Å². The molecule has 0 bridgehead atoms. The number of hydrogen-bond acceptors (Lipinski definition) is 3. The molecule has 1 saturated heterocycles.